The summed E-state index contributed by atoms with van der Waals surface area (Å²) in [6, 6.07) is 0.299. The third-order valence-electron chi connectivity index (χ3n) is 5.15. The van der Waals surface area contributed by atoms with Crippen LogP contribution in [-0.4, -0.2) is 73.1 Å². The van der Waals surface area contributed by atoms with Crippen LogP contribution in [0, 0.1) is 5.41 Å². The molecule has 0 aromatic carbocycles. The fourth-order valence-corrected chi connectivity index (χ4v) is 3.14. The second-order valence-corrected chi connectivity index (χ2v) is 7.02. The first-order valence-electron chi connectivity index (χ1n) is 8.28. The molecule has 1 atom stereocenters. The van der Waals surface area contributed by atoms with E-state index in [1.54, 1.807) is 19.0 Å². The molecule has 126 valence electrons. The normalized spacial score (nSPS) is 24.6. The molecule has 22 heavy (non-hydrogen) atoms. The Bertz CT molecular complexity index is 402. The molecule has 0 aromatic heterocycles. The van der Waals surface area contributed by atoms with Crippen molar-refractivity contribution in [3.8, 4) is 0 Å². The fraction of sp³-hybridized carbons (Fsp3) is 0.875. The summed E-state index contributed by atoms with van der Waals surface area (Å²) in [5.41, 5.74) is 0.0664. The summed E-state index contributed by atoms with van der Waals surface area (Å²) in [6.07, 6.45) is 5.55. The Labute approximate surface area is 132 Å². The molecule has 2 fully saturated rings. The molecule has 2 N–H and O–H groups in total. The Morgan fingerprint density at radius 1 is 1.41 bits per heavy atom. The number of rotatable bonds is 6. The quantitative estimate of drug-likeness (QED) is 0.735. The average molecular weight is 311 g/mol. The van der Waals surface area contributed by atoms with Crippen molar-refractivity contribution in [2.45, 2.75) is 44.6 Å². The molecular weight excluding hydrogens is 282 g/mol. The van der Waals surface area contributed by atoms with Crippen LogP contribution in [-0.2, 0) is 9.59 Å². The summed E-state index contributed by atoms with van der Waals surface area (Å²) in [5.74, 6) is 0.0356. The van der Waals surface area contributed by atoms with Gasteiger partial charge in [-0.15, -0.1) is 0 Å². The van der Waals surface area contributed by atoms with Crippen LogP contribution in [0.1, 0.15) is 38.5 Å². The summed E-state index contributed by atoms with van der Waals surface area (Å²) >= 11 is 0. The van der Waals surface area contributed by atoms with Crippen molar-refractivity contribution in [1.29, 1.82) is 0 Å². The highest BCUT2D eigenvalue weighted by molar-refractivity contribution is 5.84. The molecule has 1 heterocycles. The van der Waals surface area contributed by atoms with Crippen LogP contribution < -0.4 is 5.32 Å². The third kappa shape index (κ3) is 4.20. The molecule has 1 aliphatic heterocycles. The molecule has 6 nitrogen and oxygen atoms in total. The number of aliphatic hydroxyl groups excluding tert-OH is 1. The molecule has 2 rings (SSSR count). The molecule has 0 radical (unpaired) electrons. The molecular formula is C16H29N3O3. The van der Waals surface area contributed by atoms with Crippen LogP contribution in [0.3, 0.4) is 0 Å². The number of likely N-dealkylation sites (N-methyl/N-ethyl adjacent to an activating group) is 1. The molecule has 1 saturated carbocycles. The lowest BCUT2D eigenvalue weighted by molar-refractivity contribution is -0.138. The van der Waals surface area contributed by atoms with Gasteiger partial charge in [-0.2, -0.15) is 0 Å². The van der Waals surface area contributed by atoms with Crippen molar-refractivity contribution in [2.24, 2.45) is 5.41 Å². The molecule has 1 saturated heterocycles. The minimum atomic E-state index is -0.0338. The zero-order valence-electron chi connectivity index (χ0n) is 13.8. The maximum Gasteiger partial charge on any atom is 0.241 e. The first-order chi connectivity index (χ1) is 10.5. The predicted molar refractivity (Wildman–Crippen MR) is 84.3 cm³/mol. The molecule has 0 aromatic rings. The molecule has 0 bridgehead atoms. The zero-order valence-corrected chi connectivity index (χ0v) is 13.8. The Hall–Kier alpha value is -1.14. The summed E-state index contributed by atoms with van der Waals surface area (Å²) in [6.45, 7) is 1.88. The highest BCUT2D eigenvalue weighted by Gasteiger charge is 2.36. The number of hydrogen-bond acceptors (Lipinski definition) is 4. The Balaban J connectivity index is 1.80. The molecule has 6 heteroatoms. The van der Waals surface area contributed by atoms with Crippen molar-refractivity contribution in [2.75, 3.05) is 40.3 Å². The van der Waals surface area contributed by atoms with Crippen LogP contribution in [0.25, 0.3) is 0 Å². The number of likely N-dealkylation sites (tertiary alicyclic amines) is 1. The van der Waals surface area contributed by atoms with Gasteiger partial charge in [0.25, 0.3) is 0 Å². The van der Waals surface area contributed by atoms with Gasteiger partial charge in [0.05, 0.1) is 6.54 Å². The Morgan fingerprint density at radius 3 is 2.68 bits per heavy atom. The number of hydrogen-bond donors (Lipinski definition) is 2. The van der Waals surface area contributed by atoms with E-state index in [-0.39, 0.29) is 30.4 Å². The van der Waals surface area contributed by atoms with Gasteiger partial charge in [-0.1, -0.05) is 6.42 Å². The number of aliphatic hydroxyl groups is 1. The SMILES string of the molecule is CN(C)C(=O)CN1CCC(NCC2(CO)CCC2)CCC1=O. The van der Waals surface area contributed by atoms with Gasteiger partial charge in [0.15, 0.2) is 0 Å². The summed E-state index contributed by atoms with van der Waals surface area (Å²) in [4.78, 5) is 27.1. The monoisotopic (exact) mass is 311 g/mol. The van der Waals surface area contributed by atoms with Gasteiger partial charge < -0.3 is 20.2 Å². The molecule has 0 spiro atoms. The Kier molecular flexibility index (Phi) is 5.81. The summed E-state index contributed by atoms with van der Waals surface area (Å²) in [7, 11) is 3.42. The first kappa shape index (κ1) is 17.2. The predicted octanol–water partition coefficient (Wildman–Crippen LogP) is 0.208. The summed E-state index contributed by atoms with van der Waals surface area (Å²) in [5, 5.41) is 13.1. The maximum atomic E-state index is 12.1. The van der Waals surface area contributed by atoms with E-state index in [1.165, 1.54) is 11.3 Å². The number of nitrogens with one attached hydrogen (secondary N) is 1. The lowest BCUT2D eigenvalue weighted by Gasteiger charge is -2.41. The molecule has 2 aliphatic rings. The van der Waals surface area contributed by atoms with E-state index in [1.807, 2.05) is 0 Å². The van der Waals surface area contributed by atoms with Crippen molar-refractivity contribution in [3.63, 3.8) is 0 Å². The lowest BCUT2D eigenvalue weighted by Crippen LogP contribution is -2.46. The zero-order chi connectivity index (χ0) is 16.2. The van der Waals surface area contributed by atoms with Crippen LogP contribution in [0.5, 0.6) is 0 Å². The molecule has 1 unspecified atom stereocenters. The van der Waals surface area contributed by atoms with Gasteiger partial charge in [-0.3, -0.25) is 9.59 Å². The highest BCUT2D eigenvalue weighted by Crippen LogP contribution is 2.39. The van der Waals surface area contributed by atoms with Crippen LogP contribution in [0.4, 0.5) is 0 Å². The standard InChI is InChI=1S/C16H29N3O3/c1-18(2)15(22)10-19-9-6-13(4-5-14(19)21)17-11-16(12-20)7-3-8-16/h13,17,20H,3-12H2,1-2H3. The molecule has 2 amide bonds. The van der Waals surface area contributed by atoms with E-state index < -0.39 is 0 Å². The van der Waals surface area contributed by atoms with Crippen LogP contribution in [0.15, 0.2) is 0 Å². The van der Waals surface area contributed by atoms with Gasteiger partial charge in [0, 0.05) is 51.7 Å². The number of amides is 2. The van der Waals surface area contributed by atoms with E-state index in [4.69, 9.17) is 0 Å². The second kappa shape index (κ2) is 7.42. The highest BCUT2D eigenvalue weighted by atomic mass is 16.3. The minimum Gasteiger partial charge on any atom is -0.396 e. The van der Waals surface area contributed by atoms with Crippen molar-refractivity contribution < 1.29 is 14.7 Å². The van der Waals surface area contributed by atoms with E-state index in [9.17, 15) is 14.7 Å². The van der Waals surface area contributed by atoms with Crippen LogP contribution >= 0.6 is 0 Å². The number of carbonyl (C=O) groups is 2. The topological polar surface area (TPSA) is 72.9 Å². The Morgan fingerprint density at radius 2 is 2.14 bits per heavy atom. The van der Waals surface area contributed by atoms with Crippen molar-refractivity contribution >= 4 is 11.8 Å². The maximum absolute atomic E-state index is 12.1. The lowest BCUT2D eigenvalue weighted by atomic mass is 9.69. The molecule has 1 aliphatic carbocycles. The van der Waals surface area contributed by atoms with Crippen LogP contribution in [0.2, 0.25) is 0 Å². The smallest absolute Gasteiger partial charge is 0.241 e. The number of nitrogens with zero attached hydrogens (tertiary/aromatic N) is 2. The van der Waals surface area contributed by atoms with E-state index in [0.717, 1.165) is 32.2 Å². The average Bonchev–Trinajstić information content (AvgIpc) is 2.62. The fourth-order valence-electron chi connectivity index (χ4n) is 3.14. The van der Waals surface area contributed by atoms with Crippen molar-refractivity contribution in [3.05, 3.63) is 0 Å². The minimum absolute atomic E-state index is 0.0338. The van der Waals surface area contributed by atoms with Gasteiger partial charge in [0.1, 0.15) is 0 Å². The van der Waals surface area contributed by atoms with Gasteiger partial charge in [-0.25, -0.2) is 0 Å². The van der Waals surface area contributed by atoms with E-state index >= 15 is 0 Å². The van der Waals surface area contributed by atoms with Gasteiger partial charge >= 0.3 is 0 Å². The largest absolute Gasteiger partial charge is 0.396 e. The summed E-state index contributed by atoms with van der Waals surface area (Å²) < 4.78 is 0. The number of carbonyl (C=O) groups excluding carboxylic acids is 2. The van der Waals surface area contributed by atoms with Gasteiger partial charge in [-0.05, 0) is 25.7 Å². The van der Waals surface area contributed by atoms with Crippen molar-refractivity contribution in [1.82, 2.24) is 15.1 Å². The van der Waals surface area contributed by atoms with E-state index in [0.29, 0.717) is 19.0 Å². The third-order valence-corrected chi connectivity index (χ3v) is 5.15. The van der Waals surface area contributed by atoms with Gasteiger partial charge in [0.2, 0.25) is 11.8 Å². The second-order valence-electron chi connectivity index (χ2n) is 7.02. The first-order valence-corrected chi connectivity index (χ1v) is 8.28. The van der Waals surface area contributed by atoms with E-state index in [2.05, 4.69) is 5.32 Å².